The molecule has 0 saturated carbocycles. The molecule has 0 bridgehead atoms. The van der Waals surface area contributed by atoms with Crippen molar-refractivity contribution >= 4 is 40.9 Å². The summed E-state index contributed by atoms with van der Waals surface area (Å²) in [6.45, 7) is 1.67. The van der Waals surface area contributed by atoms with Crippen LogP contribution >= 0.6 is 11.3 Å². The number of hydrogen-bond acceptors (Lipinski definition) is 4. The number of amides is 1. The van der Waals surface area contributed by atoms with E-state index in [2.05, 4.69) is 10.3 Å². The van der Waals surface area contributed by atoms with E-state index in [-0.39, 0.29) is 6.42 Å². The second-order valence-corrected chi connectivity index (χ2v) is 6.52. The Morgan fingerprint density at radius 1 is 1.08 bits per heavy atom. The minimum atomic E-state index is -0.582. The summed E-state index contributed by atoms with van der Waals surface area (Å²) in [5, 5.41) is 5.55. The van der Waals surface area contributed by atoms with Gasteiger partial charge in [0.1, 0.15) is 5.01 Å². The number of Topliss-reactive ketones (excluding diaryl/α,β-unsaturated/α-hetero) is 1. The fourth-order valence-corrected chi connectivity index (χ4v) is 3.07. The number of hydrogen-bond donors (Lipinski definition) is 1. The monoisotopic (exact) mass is 362 g/mol. The van der Waals surface area contributed by atoms with Crippen LogP contribution in [0.3, 0.4) is 0 Å². The van der Waals surface area contributed by atoms with E-state index in [1.807, 2.05) is 66.1 Å². The molecular formula is C21H18N2O2S. The van der Waals surface area contributed by atoms with E-state index in [0.29, 0.717) is 5.69 Å². The van der Waals surface area contributed by atoms with Gasteiger partial charge >= 0.3 is 0 Å². The third-order valence-corrected chi connectivity index (χ3v) is 4.54. The average Bonchev–Trinajstić information content (AvgIpc) is 3.16. The van der Waals surface area contributed by atoms with E-state index in [0.717, 1.165) is 21.8 Å². The van der Waals surface area contributed by atoms with E-state index in [9.17, 15) is 9.59 Å². The molecule has 130 valence electrons. The second-order valence-electron chi connectivity index (χ2n) is 5.63. The van der Waals surface area contributed by atoms with E-state index in [1.54, 1.807) is 24.3 Å². The van der Waals surface area contributed by atoms with Crippen LogP contribution in [0.15, 0.2) is 60.0 Å². The molecule has 0 atom stereocenters. The first-order valence-electron chi connectivity index (χ1n) is 8.29. The smallest absolute Gasteiger partial charge is 0.291 e. The molecule has 2 aromatic carbocycles. The number of aromatic nitrogens is 1. The Labute approximate surface area is 156 Å². The average molecular weight is 362 g/mol. The first-order chi connectivity index (χ1) is 12.7. The van der Waals surface area contributed by atoms with Gasteiger partial charge in [-0.15, -0.1) is 11.3 Å². The van der Waals surface area contributed by atoms with Crippen molar-refractivity contribution in [1.82, 2.24) is 4.98 Å². The van der Waals surface area contributed by atoms with Crippen molar-refractivity contribution in [3.8, 4) is 11.3 Å². The Morgan fingerprint density at radius 2 is 1.88 bits per heavy atom. The third kappa shape index (κ3) is 4.52. The molecule has 4 nitrogen and oxygen atoms in total. The predicted molar refractivity (Wildman–Crippen MR) is 107 cm³/mol. The third-order valence-electron chi connectivity index (χ3n) is 3.73. The molecule has 0 spiro atoms. The molecule has 0 aliphatic heterocycles. The largest absolute Gasteiger partial charge is 0.319 e. The van der Waals surface area contributed by atoms with Gasteiger partial charge < -0.3 is 5.32 Å². The van der Waals surface area contributed by atoms with Gasteiger partial charge in [-0.05, 0) is 23.8 Å². The maximum atomic E-state index is 11.7. The van der Waals surface area contributed by atoms with Crippen LogP contribution in [0.4, 0.5) is 5.69 Å². The molecule has 1 amide bonds. The maximum Gasteiger partial charge on any atom is 0.291 e. The highest BCUT2D eigenvalue weighted by molar-refractivity contribution is 7.10. The molecule has 26 heavy (non-hydrogen) atoms. The lowest BCUT2D eigenvalue weighted by Gasteiger charge is -2.04. The summed E-state index contributed by atoms with van der Waals surface area (Å²) in [5.41, 5.74) is 3.56. The summed E-state index contributed by atoms with van der Waals surface area (Å²) in [7, 11) is 0. The number of carbonyl (C=O) groups excluding carboxylic acids is 2. The van der Waals surface area contributed by atoms with Crippen LogP contribution < -0.4 is 5.32 Å². The summed E-state index contributed by atoms with van der Waals surface area (Å²) in [4.78, 5) is 27.7. The molecule has 0 aliphatic rings. The second kappa shape index (κ2) is 8.36. The molecule has 5 heteroatoms. The highest BCUT2D eigenvalue weighted by Gasteiger charge is 2.10. The van der Waals surface area contributed by atoms with E-state index in [4.69, 9.17) is 0 Å². The summed E-state index contributed by atoms with van der Waals surface area (Å²) >= 11 is 1.57. The lowest BCUT2D eigenvalue weighted by atomic mass is 10.1. The van der Waals surface area contributed by atoms with Crippen LogP contribution in [0, 0.1) is 0 Å². The van der Waals surface area contributed by atoms with Gasteiger partial charge in [0.15, 0.2) is 0 Å². The normalized spacial score (nSPS) is 10.8. The van der Waals surface area contributed by atoms with Crippen molar-refractivity contribution in [3.05, 3.63) is 70.5 Å². The van der Waals surface area contributed by atoms with Crippen molar-refractivity contribution in [2.75, 3.05) is 5.32 Å². The van der Waals surface area contributed by atoms with E-state index < -0.39 is 11.7 Å². The van der Waals surface area contributed by atoms with Gasteiger partial charge in [-0.2, -0.15) is 0 Å². The molecule has 1 heterocycles. The van der Waals surface area contributed by atoms with Gasteiger partial charge in [-0.3, -0.25) is 9.59 Å². The van der Waals surface area contributed by atoms with Gasteiger partial charge in [0.05, 0.1) is 5.69 Å². The molecule has 0 aliphatic carbocycles. The number of nitrogens with one attached hydrogen (secondary N) is 1. The van der Waals surface area contributed by atoms with Gasteiger partial charge in [-0.1, -0.05) is 55.5 Å². The van der Waals surface area contributed by atoms with E-state index in [1.165, 1.54) is 0 Å². The van der Waals surface area contributed by atoms with Crippen molar-refractivity contribution in [1.29, 1.82) is 0 Å². The van der Waals surface area contributed by atoms with Gasteiger partial charge in [0.2, 0.25) is 5.78 Å². The molecule has 0 unspecified atom stereocenters. The Hall–Kier alpha value is -3.05. The van der Waals surface area contributed by atoms with Crippen molar-refractivity contribution in [2.24, 2.45) is 0 Å². The Balaban J connectivity index is 1.71. The molecule has 3 rings (SSSR count). The molecular weight excluding hydrogens is 344 g/mol. The molecule has 0 radical (unpaired) electrons. The van der Waals surface area contributed by atoms with Crippen LogP contribution in [0.1, 0.15) is 23.9 Å². The standard InChI is InChI=1S/C21H18N2O2S/c1-2-19(24)21(25)22-17-10-6-7-15(13-17)11-12-20-23-18(14-26-20)16-8-4-3-5-9-16/h3-14H,2H2,1H3,(H,22,25)/b12-11+. The van der Waals surface area contributed by atoms with Crippen LogP contribution in [0.5, 0.6) is 0 Å². The Morgan fingerprint density at radius 3 is 2.65 bits per heavy atom. The summed E-state index contributed by atoms with van der Waals surface area (Å²) in [6.07, 6.45) is 4.07. The number of thiazole rings is 1. The number of nitrogens with zero attached hydrogens (tertiary/aromatic N) is 1. The van der Waals surface area contributed by atoms with Crippen LogP contribution in [-0.2, 0) is 9.59 Å². The first kappa shape index (κ1) is 17.8. The SMILES string of the molecule is CCC(=O)C(=O)Nc1cccc(/C=C/c2nc(-c3ccccc3)cs2)c1. The van der Waals surface area contributed by atoms with Crippen molar-refractivity contribution < 1.29 is 9.59 Å². The summed E-state index contributed by atoms with van der Waals surface area (Å²) in [5.74, 6) is -1.01. The molecule has 3 aromatic rings. The fourth-order valence-electron chi connectivity index (χ4n) is 2.35. The Kier molecular flexibility index (Phi) is 5.71. The molecule has 1 aromatic heterocycles. The van der Waals surface area contributed by atoms with E-state index >= 15 is 0 Å². The lowest BCUT2D eigenvalue weighted by molar-refractivity contribution is -0.134. The van der Waals surface area contributed by atoms with Crippen molar-refractivity contribution in [2.45, 2.75) is 13.3 Å². The number of benzene rings is 2. The predicted octanol–water partition coefficient (Wildman–Crippen LogP) is 4.90. The fraction of sp³-hybridized carbons (Fsp3) is 0.0952. The van der Waals surface area contributed by atoms with Crippen LogP contribution in [-0.4, -0.2) is 16.7 Å². The number of anilines is 1. The minimum absolute atomic E-state index is 0.194. The van der Waals surface area contributed by atoms with Crippen molar-refractivity contribution in [3.63, 3.8) is 0 Å². The zero-order valence-corrected chi connectivity index (χ0v) is 15.1. The number of carbonyl (C=O) groups is 2. The molecule has 1 N–H and O–H groups in total. The zero-order valence-electron chi connectivity index (χ0n) is 14.3. The maximum absolute atomic E-state index is 11.7. The Bertz CT molecular complexity index is 945. The highest BCUT2D eigenvalue weighted by Crippen LogP contribution is 2.23. The first-order valence-corrected chi connectivity index (χ1v) is 9.17. The lowest BCUT2D eigenvalue weighted by Crippen LogP contribution is -2.21. The van der Waals surface area contributed by atoms with Gasteiger partial charge in [0.25, 0.3) is 5.91 Å². The topological polar surface area (TPSA) is 59.1 Å². The van der Waals surface area contributed by atoms with Gasteiger partial charge in [-0.25, -0.2) is 4.98 Å². The molecule has 0 saturated heterocycles. The minimum Gasteiger partial charge on any atom is -0.319 e. The highest BCUT2D eigenvalue weighted by atomic mass is 32.1. The summed E-state index contributed by atoms with van der Waals surface area (Å²) in [6, 6.07) is 17.4. The van der Waals surface area contributed by atoms with Crippen LogP contribution in [0.2, 0.25) is 0 Å². The van der Waals surface area contributed by atoms with Gasteiger partial charge in [0, 0.05) is 23.1 Å². The number of ketones is 1. The van der Waals surface area contributed by atoms with Crippen LogP contribution in [0.25, 0.3) is 23.4 Å². The summed E-state index contributed by atoms with van der Waals surface area (Å²) < 4.78 is 0. The molecule has 0 fully saturated rings. The quantitative estimate of drug-likeness (QED) is 0.635. The number of rotatable bonds is 6. The zero-order chi connectivity index (χ0) is 18.4.